The van der Waals surface area contributed by atoms with Crippen LogP contribution in [0.1, 0.15) is 15.9 Å². The quantitative estimate of drug-likeness (QED) is 0.678. The average molecular weight is 465 g/mol. The van der Waals surface area contributed by atoms with E-state index >= 15 is 0 Å². The number of halogens is 3. The number of piperazine rings is 1. The Labute approximate surface area is 175 Å². The maximum atomic E-state index is 13.1. The number of benzene rings is 2. The van der Waals surface area contributed by atoms with Crippen molar-refractivity contribution in [3.8, 4) is 11.5 Å². The molecule has 2 aliphatic heterocycles. The van der Waals surface area contributed by atoms with Gasteiger partial charge in [-0.15, -0.1) is 8.78 Å². The molecule has 29 heavy (non-hydrogen) atoms. The van der Waals surface area contributed by atoms with E-state index < -0.39 is 6.29 Å². The second-order valence-corrected chi connectivity index (χ2v) is 7.79. The van der Waals surface area contributed by atoms with Crippen LogP contribution in [0.15, 0.2) is 53.0 Å². The highest BCUT2D eigenvalue weighted by Gasteiger charge is 2.43. The number of ether oxygens (including phenoxy) is 2. The third kappa shape index (κ3) is 4.76. The minimum absolute atomic E-state index is 0.0612. The lowest BCUT2D eigenvalue weighted by atomic mass is 10.1. The standard InChI is InChI=1S/C21H19BrF2N2O3/c22-17-6-3-15(4-7-17)2-1-9-25-10-12-26(13-11-25)20(27)16-5-8-18-19(14-16)29-21(23,24)28-18/h1-8,14H,9-13H2/b2-1+. The van der Waals surface area contributed by atoms with E-state index in [0.717, 1.165) is 29.7 Å². The van der Waals surface area contributed by atoms with Crippen molar-refractivity contribution < 1.29 is 23.0 Å². The molecule has 0 radical (unpaired) electrons. The van der Waals surface area contributed by atoms with Crippen LogP contribution in [0.4, 0.5) is 8.78 Å². The van der Waals surface area contributed by atoms with Crippen LogP contribution in [-0.4, -0.2) is 54.7 Å². The van der Waals surface area contributed by atoms with Crippen LogP contribution in [0.3, 0.4) is 0 Å². The summed E-state index contributed by atoms with van der Waals surface area (Å²) in [5.41, 5.74) is 1.45. The normalized spacial score (nSPS) is 18.4. The Morgan fingerprint density at radius 3 is 2.45 bits per heavy atom. The summed E-state index contributed by atoms with van der Waals surface area (Å²) in [5.74, 6) is -0.372. The van der Waals surface area contributed by atoms with Crippen molar-refractivity contribution in [2.24, 2.45) is 0 Å². The van der Waals surface area contributed by atoms with Crippen LogP contribution >= 0.6 is 15.9 Å². The highest BCUT2D eigenvalue weighted by molar-refractivity contribution is 9.10. The Morgan fingerprint density at radius 1 is 1.03 bits per heavy atom. The van der Waals surface area contributed by atoms with Gasteiger partial charge in [0.1, 0.15) is 0 Å². The van der Waals surface area contributed by atoms with Gasteiger partial charge in [0, 0.05) is 42.8 Å². The highest BCUT2D eigenvalue weighted by atomic mass is 79.9. The molecule has 8 heteroatoms. The van der Waals surface area contributed by atoms with Gasteiger partial charge in [-0.05, 0) is 35.9 Å². The predicted molar refractivity (Wildman–Crippen MR) is 108 cm³/mol. The minimum Gasteiger partial charge on any atom is -0.395 e. The molecular weight excluding hydrogens is 446 g/mol. The first-order valence-electron chi connectivity index (χ1n) is 9.23. The van der Waals surface area contributed by atoms with Crippen molar-refractivity contribution in [2.75, 3.05) is 32.7 Å². The zero-order valence-electron chi connectivity index (χ0n) is 15.5. The topological polar surface area (TPSA) is 42.0 Å². The molecule has 0 saturated carbocycles. The monoisotopic (exact) mass is 464 g/mol. The van der Waals surface area contributed by atoms with Gasteiger partial charge in [-0.2, -0.15) is 0 Å². The number of alkyl halides is 2. The van der Waals surface area contributed by atoms with E-state index in [1.54, 1.807) is 4.90 Å². The van der Waals surface area contributed by atoms with Gasteiger partial charge in [0.25, 0.3) is 5.91 Å². The molecule has 5 nitrogen and oxygen atoms in total. The van der Waals surface area contributed by atoms with E-state index in [9.17, 15) is 13.6 Å². The molecule has 152 valence electrons. The molecule has 2 heterocycles. The number of hydrogen-bond donors (Lipinski definition) is 0. The lowest BCUT2D eigenvalue weighted by Gasteiger charge is -2.34. The van der Waals surface area contributed by atoms with Crippen LogP contribution in [0, 0.1) is 0 Å². The Kier molecular flexibility index (Phi) is 5.56. The minimum atomic E-state index is -3.68. The fourth-order valence-corrected chi connectivity index (χ4v) is 3.57. The summed E-state index contributed by atoms with van der Waals surface area (Å²) < 4.78 is 36.1. The Bertz CT molecular complexity index is 926. The smallest absolute Gasteiger partial charge is 0.395 e. The molecule has 1 saturated heterocycles. The molecule has 0 aliphatic carbocycles. The molecule has 2 aromatic carbocycles. The lowest BCUT2D eigenvalue weighted by Crippen LogP contribution is -2.48. The molecule has 1 fully saturated rings. The van der Waals surface area contributed by atoms with Crippen LogP contribution in [0.5, 0.6) is 11.5 Å². The summed E-state index contributed by atoms with van der Waals surface area (Å²) in [6, 6.07) is 12.2. The maximum absolute atomic E-state index is 13.1. The van der Waals surface area contributed by atoms with Gasteiger partial charge in [-0.3, -0.25) is 9.69 Å². The lowest BCUT2D eigenvalue weighted by molar-refractivity contribution is -0.286. The predicted octanol–water partition coefficient (Wildman–Crippen LogP) is 4.24. The summed E-state index contributed by atoms with van der Waals surface area (Å²) in [4.78, 5) is 16.7. The Balaban J connectivity index is 1.29. The van der Waals surface area contributed by atoms with Gasteiger partial charge in [0.15, 0.2) is 11.5 Å². The summed E-state index contributed by atoms with van der Waals surface area (Å²) in [5, 5.41) is 0. The van der Waals surface area contributed by atoms with Gasteiger partial charge in [-0.1, -0.05) is 40.2 Å². The third-order valence-corrected chi connectivity index (χ3v) is 5.38. The molecule has 1 amide bonds. The summed E-state index contributed by atoms with van der Waals surface area (Å²) in [7, 11) is 0. The van der Waals surface area contributed by atoms with Gasteiger partial charge in [0.2, 0.25) is 0 Å². The van der Waals surface area contributed by atoms with Crippen molar-refractivity contribution in [3.63, 3.8) is 0 Å². The van der Waals surface area contributed by atoms with Gasteiger partial charge < -0.3 is 14.4 Å². The van der Waals surface area contributed by atoms with Gasteiger partial charge in [-0.25, -0.2) is 0 Å². The first-order valence-corrected chi connectivity index (χ1v) is 10.0. The molecule has 0 aromatic heterocycles. The largest absolute Gasteiger partial charge is 0.586 e. The molecule has 2 aliphatic rings. The summed E-state index contributed by atoms with van der Waals surface area (Å²) in [6.07, 6.45) is 0.504. The molecule has 0 atom stereocenters. The van der Waals surface area contributed by atoms with Crippen molar-refractivity contribution in [2.45, 2.75) is 6.29 Å². The first-order chi connectivity index (χ1) is 13.9. The number of hydrogen-bond acceptors (Lipinski definition) is 4. The number of carbonyl (C=O) groups excluding carboxylic acids is 1. The van der Waals surface area contributed by atoms with Crippen LogP contribution in [0.25, 0.3) is 6.08 Å². The Morgan fingerprint density at radius 2 is 1.72 bits per heavy atom. The zero-order valence-corrected chi connectivity index (χ0v) is 17.1. The van der Waals surface area contributed by atoms with E-state index in [2.05, 4.69) is 42.5 Å². The van der Waals surface area contributed by atoms with E-state index in [1.165, 1.54) is 18.2 Å². The summed E-state index contributed by atoms with van der Waals surface area (Å²) in [6.45, 7) is 3.46. The second-order valence-electron chi connectivity index (χ2n) is 6.88. The van der Waals surface area contributed by atoms with Gasteiger partial charge >= 0.3 is 6.29 Å². The number of fused-ring (bicyclic) bond motifs is 1. The third-order valence-electron chi connectivity index (χ3n) is 4.85. The summed E-state index contributed by atoms with van der Waals surface area (Å²) >= 11 is 3.42. The number of rotatable bonds is 4. The fourth-order valence-electron chi connectivity index (χ4n) is 3.31. The number of carbonyl (C=O) groups is 1. The SMILES string of the molecule is O=C(c1ccc2c(c1)OC(F)(F)O2)N1CCN(C/C=C/c2ccc(Br)cc2)CC1. The average Bonchev–Trinajstić information content (AvgIpc) is 3.02. The van der Waals surface area contributed by atoms with E-state index in [0.29, 0.717) is 18.7 Å². The van der Waals surface area contributed by atoms with Crippen LogP contribution < -0.4 is 9.47 Å². The fraction of sp³-hybridized carbons (Fsp3) is 0.286. The molecular formula is C21H19BrF2N2O3. The number of nitrogens with zero attached hydrogens (tertiary/aromatic N) is 2. The molecule has 0 bridgehead atoms. The Hall–Kier alpha value is -2.45. The molecule has 0 N–H and O–H groups in total. The van der Waals surface area contributed by atoms with Crippen LogP contribution in [-0.2, 0) is 0 Å². The van der Waals surface area contributed by atoms with Crippen LogP contribution in [0.2, 0.25) is 0 Å². The highest BCUT2D eigenvalue weighted by Crippen LogP contribution is 2.41. The van der Waals surface area contributed by atoms with E-state index in [-0.39, 0.29) is 17.4 Å². The molecule has 4 rings (SSSR count). The van der Waals surface area contributed by atoms with E-state index in [4.69, 9.17) is 0 Å². The maximum Gasteiger partial charge on any atom is 0.586 e. The zero-order chi connectivity index (χ0) is 20.4. The van der Waals surface area contributed by atoms with Gasteiger partial charge in [0.05, 0.1) is 0 Å². The number of amides is 1. The van der Waals surface area contributed by atoms with Crippen molar-refractivity contribution in [1.82, 2.24) is 9.80 Å². The van der Waals surface area contributed by atoms with Crippen molar-refractivity contribution in [3.05, 3.63) is 64.1 Å². The van der Waals surface area contributed by atoms with Crippen molar-refractivity contribution >= 4 is 27.9 Å². The first kappa shape index (κ1) is 19.8. The molecule has 0 unspecified atom stereocenters. The van der Waals surface area contributed by atoms with E-state index in [1.807, 2.05) is 24.3 Å². The molecule has 2 aromatic rings. The second kappa shape index (κ2) is 8.12. The molecule has 0 spiro atoms. The van der Waals surface area contributed by atoms with Crippen molar-refractivity contribution in [1.29, 1.82) is 0 Å².